The van der Waals surface area contributed by atoms with Gasteiger partial charge in [0.1, 0.15) is 5.84 Å². The van der Waals surface area contributed by atoms with Gasteiger partial charge in [-0.2, -0.15) is 0 Å². The van der Waals surface area contributed by atoms with Gasteiger partial charge in [-0.05, 0) is 43.2 Å². The smallest absolute Gasteiger partial charge is 0.227 e. The second kappa shape index (κ2) is 7.67. The standard InChI is InChI=1S/C16H23N3O2/c17-15(19-21)10-3-4-11-18-16(20)14-9-5-7-12-6-1-2-8-13(12)14/h1-2,6,8,14,21H,3-5,7,9-11H2,(H2,17,19)(H,18,20). The van der Waals surface area contributed by atoms with Crippen LogP contribution in [0.1, 0.15) is 49.1 Å². The van der Waals surface area contributed by atoms with Crippen molar-refractivity contribution >= 4 is 11.7 Å². The zero-order chi connectivity index (χ0) is 15.1. The number of oxime groups is 1. The third-order valence-corrected chi connectivity index (χ3v) is 3.97. The molecule has 1 atom stereocenters. The third-order valence-electron chi connectivity index (χ3n) is 3.97. The average Bonchev–Trinajstić information content (AvgIpc) is 2.53. The molecule has 1 aromatic carbocycles. The van der Waals surface area contributed by atoms with E-state index < -0.39 is 0 Å². The molecule has 0 fully saturated rings. The molecule has 0 spiro atoms. The lowest BCUT2D eigenvalue weighted by Crippen LogP contribution is -2.32. The molecule has 1 amide bonds. The summed E-state index contributed by atoms with van der Waals surface area (Å²) in [7, 11) is 0. The van der Waals surface area contributed by atoms with Gasteiger partial charge in [-0.15, -0.1) is 0 Å². The highest BCUT2D eigenvalue weighted by Gasteiger charge is 2.25. The van der Waals surface area contributed by atoms with E-state index in [0.717, 1.165) is 32.1 Å². The zero-order valence-corrected chi connectivity index (χ0v) is 12.2. The SMILES string of the molecule is NC(CCCCNC(=O)C1CCCc2ccccc21)=NO. The second-order valence-electron chi connectivity index (χ2n) is 5.48. The highest BCUT2D eigenvalue weighted by Crippen LogP contribution is 2.31. The van der Waals surface area contributed by atoms with E-state index in [9.17, 15) is 4.79 Å². The molecule has 114 valence electrons. The molecule has 0 heterocycles. The van der Waals surface area contributed by atoms with E-state index >= 15 is 0 Å². The quantitative estimate of drug-likeness (QED) is 0.246. The number of rotatable bonds is 6. The number of unbranched alkanes of at least 4 members (excludes halogenated alkanes) is 1. The van der Waals surface area contributed by atoms with E-state index in [1.807, 2.05) is 12.1 Å². The van der Waals surface area contributed by atoms with Gasteiger partial charge in [0.2, 0.25) is 5.91 Å². The summed E-state index contributed by atoms with van der Waals surface area (Å²) in [5.41, 5.74) is 7.88. The molecule has 1 aliphatic carbocycles. The highest BCUT2D eigenvalue weighted by molar-refractivity contribution is 5.84. The van der Waals surface area contributed by atoms with Crippen molar-refractivity contribution < 1.29 is 10.0 Å². The first kappa shape index (κ1) is 15.4. The number of nitrogens with one attached hydrogen (secondary N) is 1. The topological polar surface area (TPSA) is 87.7 Å². The second-order valence-corrected chi connectivity index (χ2v) is 5.48. The molecule has 0 aliphatic heterocycles. The first-order valence-corrected chi connectivity index (χ1v) is 7.54. The van der Waals surface area contributed by atoms with Crippen LogP contribution in [0.15, 0.2) is 29.4 Å². The van der Waals surface area contributed by atoms with Gasteiger partial charge < -0.3 is 16.3 Å². The van der Waals surface area contributed by atoms with Crippen molar-refractivity contribution in [2.45, 2.75) is 44.4 Å². The van der Waals surface area contributed by atoms with Gasteiger partial charge in [-0.3, -0.25) is 4.79 Å². The van der Waals surface area contributed by atoms with Crippen LogP contribution in [0.3, 0.4) is 0 Å². The first-order chi connectivity index (χ1) is 10.2. The summed E-state index contributed by atoms with van der Waals surface area (Å²) >= 11 is 0. The minimum atomic E-state index is -0.0148. The summed E-state index contributed by atoms with van der Waals surface area (Å²) in [5.74, 6) is 0.340. The van der Waals surface area contributed by atoms with Crippen LogP contribution in [-0.2, 0) is 11.2 Å². The van der Waals surface area contributed by atoms with E-state index in [0.29, 0.717) is 13.0 Å². The Morgan fingerprint density at radius 3 is 3.00 bits per heavy atom. The summed E-state index contributed by atoms with van der Waals surface area (Å²) < 4.78 is 0. The molecule has 0 bridgehead atoms. The van der Waals surface area contributed by atoms with Crippen LogP contribution in [0.25, 0.3) is 0 Å². The van der Waals surface area contributed by atoms with Crippen LogP contribution >= 0.6 is 0 Å². The van der Waals surface area contributed by atoms with E-state index in [1.165, 1.54) is 11.1 Å². The summed E-state index contributed by atoms with van der Waals surface area (Å²) in [6.45, 7) is 0.635. The zero-order valence-electron chi connectivity index (χ0n) is 12.2. The maximum Gasteiger partial charge on any atom is 0.227 e. The number of nitrogens with two attached hydrogens (primary N) is 1. The monoisotopic (exact) mass is 289 g/mol. The molecule has 0 aromatic heterocycles. The molecule has 5 nitrogen and oxygen atoms in total. The van der Waals surface area contributed by atoms with Crippen LogP contribution < -0.4 is 11.1 Å². The molecular weight excluding hydrogens is 266 g/mol. The number of aryl methyl sites for hydroxylation is 1. The number of benzene rings is 1. The summed E-state index contributed by atoms with van der Waals surface area (Å²) in [4.78, 5) is 12.3. The fourth-order valence-electron chi connectivity index (χ4n) is 2.84. The van der Waals surface area contributed by atoms with E-state index in [-0.39, 0.29) is 17.7 Å². The van der Waals surface area contributed by atoms with Gasteiger partial charge >= 0.3 is 0 Å². The number of carbonyl (C=O) groups excluding carboxylic acids is 1. The van der Waals surface area contributed by atoms with E-state index in [4.69, 9.17) is 10.9 Å². The Morgan fingerprint density at radius 1 is 1.38 bits per heavy atom. The van der Waals surface area contributed by atoms with Crippen LogP contribution in [0.2, 0.25) is 0 Å². The minimum Gasteiger partial charge on any atom is -0.409 e. The lowest BCUT2D eigenvalue weighted by Gasteiger charge is -2.24. The molecule has 21 heavy (non-hydrogen) atoms. The summed E-state index contributed by atoms with van der Waals surface area (Å²) in [6.07, 6.45) is 5.25. The third kappa shape index (κ3) is 4.21. The molecule has 1 aliphatic rings. The number of amides is 1. The molecule has 4 N–H and O–H groups in total. The predicted molar refractivity (Wildman–Crippen MR) is 82.4 cm³/mol. The molecule has 0 saturated carbocycles. The number of hydrogen-bond acceptors (Lipinski definition) is 3. The van der Waals surface area contributed by atoms with Crippen molar-refractivity contribution in [2.24, 2.45) is 10.9 Å². The minimum absolute atomic E-state index is 0.0148. The Balaban J connectivity index is 1.79. The number of carbonyl (C=O) groups is 1. The maximum atomic E-state index is 12.3. The van der Waals surface area contributed by atoms with Crippen LogP contribution in [0.4, 0.5) is 0 Å². The first-order valence-electron chi connectivity index (χ1n) is 7.54. The van der Waals surface area contributed by atoms with Crippen molar-refractivity contribution in [3.05, 3.63) is 35.4 Å². The highest BCUT2D eigenvalue weighted by atomic mass is 16.4. The van der Waals surface area contributed by atoms with Crippen molar-refractivity contribution in [1.82, 2.24) is 5.32 Å². The molecule has 0 radical (unpaired) electrons. The fourth-order valence-corrected chi connectivity index (χ4v) is 2.84. The van der Waals surface area contributed by atoms with Gasteiger partial charge in [-0.1, -0.05) is 29.4 Å². The fraction of sp³-hybridized carbons (Fsp3) is 0.500. The molecular formula is C16H23N3O2. The van der Waals surface area contributed by atoms with Crippen molar-refractivity contribution in [3.63, 3.8) is 0 Å². The van der Waals surface area contributed by atoms with Gasteiger partial charge in [0.05, 0.1) is 5.92 Å². The Labute approximate surface area is 125 Å². The Morgan fingerprint density at radius 2 is 2.19 bits per heavy atom. The predicted octanol–water partition coefficient (Wildman–Crippen LogP) is 2.14. The lowest BCUT2D eigenvalue weighted by atomic mass is 9.82. The summed E-state index contributed by atoms with van der Waals surface area (Å²) in [5, 5.41) is 14.4. The van der Waals surface area contributed by atoms with E-state index in [2.05, 4.69) is 22.6 Å². The van der Waals surface area contributed by atoms with E-state index in [1.54, 1.807) is 0 Å². The number of amidine groups is 1. The Hall–Kier alpha value is -2.04. The summed E-state index contributed by atoms with van der Waals surface area (Å²) in [6, 6.07) is 8.22. The molecule has 0 saturated heterocycles. The van der Waals surface area contributed by atoms with Crippen LogP contribution in [0, 0.1) is 0 Å². The van der Waals surface area contributed by atoms with Gasteiger partial charge in [0.15, 0.2) is 0 Å². The molecule has 1 unspecified atom stereocenters. The largest absolute Gasteiger partial charge is 0.409 e. The average molecular weight is 289 g/mol. The number of nitrogens with zero attached hydrogens (tertiary/aromatic N) is 1. The van der Waals surface area contributed by atoms with Crippen LogP contribution in [-0.4, -0.2) is 23.5 Å². The Bertz CT molecular complexity index is 514. The number of fused-ring (bicyclic) bond motifs is 1. The maximum absolute atomic E-state index is 12.3. The van der Waals surface area contributed by atoms with Crippen LogP contribution in [0.5, 0.6) is 0 Å². The molecule has 1 aromatic rings. The van der Waals surface area contributed by atoms with Gasteiger partial charge in [0, 0.05) is 13.0 Å². The normalized spacial score (nSPS) is 18.1. The molecule has 2 rings (SSSR count). The van der Waals surface area contributed by atoms with Crippen molar-refractivity contribution in [1.29, 1.82) is 0 Å². The van der Waals surface area contributed by atoms with Gasteiger partial charge in [-0.25, -0.2) is 0 Å². The lowest BCUT2D eigenvalue weighted by molar-refractivity contribution is -0.122. The van der Waals surface area contributed by atoms with Gasteiger partial charge in [0.25, 0.3) is 0 Å². The number of hydrogen-bond donors (Lipinski definition) is 3. The van der Waals surface area contributed by atoms with Crippen molar-refractivity contribution in [3.8, 4) is 0 Å². The van der Waals surface area contributed by atoms with Crippen molar-refractivity contribution in [2.75, 3.05) is 6.54 Å². The molecule has 5 heteroatoms. The Kier molecular flexibility index (Phi) is 5.60.